The van der Waals surface area contributed by atoms with Gasteiger partial charge in [0, 0.05) is 98.8 Å². The smallest absolute Gasteiger partial charge is 0.200 e. The number of fused-ring (bicyclic) bond motifs is 19. The van der Waals surface area contributed by atoms with E-state index in [0.717, 1.165) is 100 Å². The Balaban J connectivity index is 0.000000113. The van der Waals surface area contributed by atoms with Crippen LogP contribution in [0.4, 0.5) is 5.88 Å². The highest BCUT2D eigenvalue weighted by Crippen LogP contribution is 2.35. The number of carbonyl (C=O) groups excluding carboxylic acids is 1. The van der Waals surface area contributed by atoms with Crippen molar-refractivity contribution in [3.8, 4) is 5.75 Å². The van der Waals surface area contributed by atoms with Crippen molar-refractivity contribution >= 4 is 201 Å². The van der Waals surface area contributed by atoms with Crippen LogP contribution >= 0.6 is 47.8 Å². The van der Waals surface area contributed by atoms with Gasteiger partial charge in [-0.1, -0.05) is 302 Å². The molecule has 20 heteroatoms. The molecule has 0 saturated carbocycles. The number of morpholine rings is 1. The zero-order valence-electron chi connectivity index (χ0n) is 74.0. The zero-order valence-corrected chi connectivity index (χ0v) is 77.3. The molecule has 0 spiro atoms. The van der Waals surface area contributed by atoms with Gasteiger partial charge < -0.3 is 41.2 Å². The van der Waals surface area contributed by atoms with Gasteiger partial charge in [0.05, 0.1) is 51.1 Å². The number of Topliss-reactive ketones (excluding diaryl/α,β-unsaturated/α-hetero) is 1. The van der Waals surface area contributed by atoms with Crippen molar-refractivity contribution in [2.75, 3.05) is 37.0 Å². The number of carbonyl (C=O) groups is 1. The average Bonchev–Trinajstić information content (AvgIpc) is 0.753. The molecule has 0 aliphatic carbocycles. The highest BCUT2D eigenvalue weighted by atomic mass is 35.5. The number of ketones is 1. The summed E-state index contributed by atoms with van der Waals surface area (Å²) in [5.74, 6) is 4.16. The maximum absolute atomic E-state index is 12.4. The Morgan fingerprint density at radius 2 is 0.649 bits per heavy atom. The van der Waals surface area contributed by atoms with Crippen molar-refractivity contribution in [2.45, 2.75) is 68.5 Å². The largest absolute Gasteiger partial charge is 0.507 e. The minimum atomic E-state index is -0.117. The average molecular weight is 1850 g/mol. The summed E-state index contributed by atoms with van der Waals surface area (Å²) in [6.45, 7) is 14.0. The van der Waals surface area contributed by atoms with Crippen LogP contribution in [-0.2, 0) is 16.4 Å². The fourth-order valence-corrected chi connectivity index (χ4v) is 17.6. The number of phenolic OH excluding ortho intramolecular Hbond substituents is 1. The number of nitrogens with zero attached hydrogens (tertiary/aromatic N) is 1. The van der Waals surface area contributed by atoms with Crippen molar-refractivity contribution in [2.24, 2.45) is 0 Å². The predicted molar refractivity (Wildman–Crippen MR) is 553 cm³/mol. The molecule has 0 bridgehead atoms. The van der Waals surface area contributed by atoms with E-state index in [1.165, 1.54) is 47.4 Å². The number of aromatic hydroxyl groups is 1. The Bertz CT molecular complexity index is 8220. The van der Waals surface area contributed by atoms with Gasteiger partial charge in [-0.05, 0) is 132 Å². The summed E-state index contributed by atoms with van der Waals surface area (Å²) in [5, 5.41) is 29.3. The first kappa shape index (κ1) is 92.4. The number of alkyl halides is 1. The quantitative estimate of drug-likeness (QED) is 0.0473. The van der Waals surface area contributed by atoms with Gasteiger partial charge in [-0.25, -0.2) is 0 Å². The van der Waals surface area contributed by atoms with E-state index in [9.17, 15) is 38.7 Å². The van der Waals surface area contributed by atoms with E-state index in [2.05, 4.69) is 67.8 Å². The Kier molecular flexibility index (Phi) is 29.4. The van der Waals surface area contributed by atoms with Gasteiger partial charge in [0.2, 0.25) is 0 Å². The summed E-state index contributed by atoms with van der Waals surface area (Å²) in [6.07, 6.45) is 0. The van der Waals surface area contributed by atoms with E-state index < -0.39 is 0 Å². The maximum atomic E-state index is 12.4. The van der Waals surface area contributed by atoms with Gasteiger partial charge in [0.1, 0.15) is 50.8 Å². The molecular weight excluding hydrogens is 1750 g/mol. The van der Waals surface area contributed by atoms with Crippen LogP contribution in [-0.4, -0.2) is 42.9 Å². The topological polar surface area (TPSA) is 231 Å². The molecule has 1 aliphatic heterocycles. The van der Waals surface area contributed by atoms with Crippen LogP contribution in [0.2, 0.25) is 0 Å². The third-order valence-corrected chi connectivity index (χ3v) is 24.8. The molecule has 22 aromatic rings. The van der Waals surface area contributed by atoms with Gasteiger partial charge in [0.15, 0.2) is 59.5 Å². The first-order valence-corrected chi connectivity index (χ1v) is 46.4. The maximum Gasteiger partial charge on any atom is 0.200 e. The summed E-state index contributed by atoms with van der Waals surface area (Å²) in [5.41, 5.74) is 9.32. The second kappa shape index (κ2) is 42.6. The Labute approximate surface area is 787 Å². The van der Waals surface area contributed by atoms with E-state index in [1.807, 2.05) is 256 Å². The number of benzene rings is 16. The lowest BCUT2D eigenvalue weighted by atomic mass is 10.0. The molecule has 666 valence electrons. The van der Waals surface area contributed by atoms with Crippen molar-refractivity contribution in [3.63, 3.8) is 0 Å². The van der Waals surface area contributed by atoms with Crippen molar-refractivity contribution < 1.29 is 41.1 Å². The fourth-order valence-electron chi connectivity index (χ4n) is 15.7. The lowest BCUT2D eigenvalue weighted by molar-refractivity contribution is 0.101. The van der Waals surface area contributed by atoms with Gasteiger partial charge >= 0.3 is 0 Å². The van der Waals surface area contributed by atoms with Gasteiger partial charge in [-0.3, -0.25) is 33.6 Å². The summed E-state index contributed by atoms with van der Waals surface area (Å²) >= 11 is 12.8. The minimum absolute atomic E-state index is 0.00324. The third-order valence-electron chi connectivity index (χ3n) is 22.6. The van der Waals surface area contributed by atoms with Crippen LogP contribution in [0.1, 0.15) is 58.0 Å². The number of hydrogen-bond acceptors (Lipinski definition) is 19. The highest BCUT2D eigenvalue weighted by Gasteiger charge is 2.19. The second-order valence-corrected chi connectivity index (χ2v) is 34.8. The Hall–Kier alpha value is -14.8. The molecule has 6 aromatic heterocycles. The standard InChI is InChI=1S/C21H16O2S.C17H15NO3.C15H12O2S.2C14H10O2.C13H8O2S.C12H10O2.C8H9Cl/c1-14-6-8-15(9-7-14)13-24-20-12-19(22)18-11-10-16-4-2-3-5-17(16)21(18)23-20;19-15-11-16(18-7-9-20-10-8-18)21-17-13-4-2-1-3-12(13)5-6-14(15)17;1-2-18-14-9-13(16)12-8-7-10-5-3-4-6-11(10)15(12)17-14;2*1-9-8-13(15)12-7-6-10-4-2-3-5-11(10)14(12)16-9;14-11-7-12(16)15-13-9-4-2-1-3-8(9)5-6-10(11)13;1-8(13)10-7-6-9-4-2-3-5-11(9)12(10)14;1-7-2-4-8(6-9)5-3-7/h2-12H,13H2,1H3;1-6,11H,7-10H2;3-9H,2H2,1H3;2*2-8H,1H3;1-7,16H;2-7,14H,1H3;2-5H,6H2,1H3. The first-order chi connectivity index (χ1) is 65.1. The van der Waals surface area contributed by atoms with Crippen LogP contribution in [0.15, 0.2) is 410 Å². The molecule has 1 fully saturated rings. The number of halogens is 1. The molecule has 7 heterocycles. The number of hydrogen-bond donors (Lipinski definition) is 2. The Morgan fingerprint density at radius 1 is 0.343 bits per heavy atom. The van der Waals surface area contributed by atoms with Crippen LogP contribution in [0, 0.1) is 27.7 Å². The van der Waals surface area contributed by atoms with Crippen LogP contribution in [0.5, 0.6) is 5.75 Å². The van der Waals surface area contributed by atoms with Crippen molar-refractivity contribution in [1.82, 2.24) is 0 Å². The minimum Gasteiger partial charge on any atom is -0.507 e. The molecule has 0 radical (unpaired) electrons. The lowest BCUT2D eigenvalue weighted by Gasteiger charge is -2.27. The Morgan fingerprint density at radius 3 is 1.02 bits per heavy atom. The SMILES string of the molecule is CC(=O)c1ccc2ccccc2c1O.CCSc1cc(=O)c2ccc3ccccc3c2o1.Cc1cc(=O)c2ccc3ccccc3c2o1.Cc1cc(=O)c2ccc3ccccc3c2o1.Cc1ccc(CCl)cc1.Cc1ccc(CSc2cc(=O)c3ccc4ccccc4c3o2)cc1.O=c1cc(N2CCOCC2)oc2c1ccc1ccccc12.O=c1cc(S)oc2c1ccc1ccccc12. The van der Waals surface area contributed by atoms with Crippen LogP contribution < -0.4 is 37.5 Å². The number of aryl methyl sites for hydroxylation is 4. The lowest BCUT2D eigenvalue weighted by Crippen LogP contribution is -2.36. The van der Waals surface area contributed by atoms with E-state index in [4.69, 9.17) is 42.8 Å². The molecule has 1 N–H and O–H groups in total. The highest BCUT2D eigenvalue weighted by molar-refractivity contribution is 7.99. The molecule has 0 atom stereocenters. The fraction of sp³-hybridized carbons (Fsp3) is 0.114. The first-order valence-electron chi connectivity index (χ1n) is 43.4. The number of thioether (sulfide) groups is 2. The summed E-state index contributed by atoms with van der Waals surface area (Å²) in [6, 6.07) is 107. The molecular formula is C114H90ClNO15S3. The molecule has 0 unspecified atom stereocenters. The van der Waals surface area contributed by atoms with Crippen molar-refractivity contribution in [3.05, 3.63) is 440 Å². The van der Waals surface area contributed by atoms with Gasteiger partial charge in [-0.15, -0.1) is 24.2 Å². The van der Waals surface area contributed by atoms with E-state index in [-0.39, 0.29) is 44.1 Å². The summed E-state index contributed by atoms with van der Waals surface area (Å²) in [7, 11) is 0. The molecule has 134 heavy (non-hydrogen) atoms. The molecule has 16 aromatic carbocycles. The van der Waals surface area contributed by atoms with E-state index in [0.29, 0.717) is 123 Å². The third kappa shape index (κ3) is 21.5. The van der Waals surface area contributed by atoms with Crippen molar-refractivity contribution in [1.29, 1.82) is 0 Å². The second-order valence-electron chi connectivity index (χ2n) is 31.8. The molecule has 0 amide bonds. The molecule has 23 rings (SSSR count). The van der Waals surface area contributed by atoms with Crippen LogP contribution in [0.3, 0.4) is 0 Å². The number of rotatable bonds is 8. The number of anilines is 1. The number of thiol groups is 1. The monoisotopic (exact) mass is 1840 g/mol. The van der Waals surface area contributed by atoms with Crippen LogP contribution in [0.25, 0.3) is 141 Å². The molecule has 1 aliphatic rings. The summed E-state index contributed by atoms with van der Waals surface area (Å²) in [4.78, 5) is 85.4. The zero-order chi connectivity index (χ0) is 93.5. The van der Waals surface area contributed by atoms with E-state index in [1.54, 1.807) is 73.8 Å². The predicted octanol–water partition coefficient (Wildman–Crippen LogP) is 27.6. The van der Waals surface area contributed by atoms with Gasteiger partial charge in [0.25, 0.3) is 0 Å². The summed E-state index contributed by atoms with van der Waals surface area (Å²) < 4.78 is 40.2. The number of ether oxygens (including phenoxy) is 1. The molecule has 16 nitrogen and oxygen atoms in total. The number of phenols is 1. The van der Waals surface area contributed by atoms with Gasteiger partial charge in [-0.2, -0.15) is 0 Å². The van der Waals surface area contributed by atoms with E-state index >= 15 is 0 Å². The molecule has 1 saturated heterocycles. The normalized spacial score (nSPS) is 11.7.